The molecule has 0 bridgehead atoms. The van der Waals surface area contributed by atoms with E-state index in [1.165, 1.54) is 0 Å². The molecule has 0 amide bonds. The third kappa shape index (κ3) is 4.89. The molecular weight excluding hydrogens is 376 g/mol. The Morgan fingerprint density at radius 3 is 2.41 bits per heavy atom. The molecule has 0 aliphatic rings. The number of ether oxygens (including phenoxy) is 1. The smallest absolute Gasteiger partial charge is 0.305 e. The van der Waals surface area contributed by atoms with Crippen molar-refractivity contribution in [3.8, 4) is 6.07 Å². The summed E-state index contributed by atoms with van der Waals surface area (Å²) in [5.41, 5.74) is -0.637. The van der Waals surface area contributed by atoms with Crippen LogP contribution in [0.4, 0.5) is 8.78 Å². The van der Waals surface area contributed by atoms with E-state index < -0.39 is 34.9 Å². The highest BCUT2D eigenvalue weighted by Crippen LogP contribution is 2.33. The predicted molar refractivity (Wildman–Crippen MR) is 95.5 cm³/mol. The Balaban J connectivity index is 2.44. The molecule has 0 fully saturated rings. The second-order valence-electron chi connectivity index (χ2n) is 5.71. The molecular formula is C20H16ClF2NO3. The van der Waals surface area contributed by atoms with E-state index in [0.29, 0.717) is 5.56 Å². The molecule has 140 valence electrons. The van der Waals surface area contributed by atoms with E-state index in [1.807, 2.05) is 0 Å². The van der Waals surface area contributed by atoms with Crippen molar-refractivity contribution in [2.45, 2.75) is 25.7 Å². The van der Waals surface area contributed by atoms with Crippen molar-refractivity contribution >= 4 is 23.4 Å². The van der Waals surface area contributed by atoms with Gasteiger partial charge in [0.15, 0.2) is 5.78 Å². The van der Waals surface area contributed by atoms with Gasteiger partial charge < -0.3 is 4.74 Å². The van der Waals surface area contributed by atoms with Gasteiger partial charge >= 0.3 is 5.97 Å². The van der Waals surface area contributed by atoms with Gasteiger partial charge in [-0.2, -0.15) is 5.26 Å². The van der Waals surface area contributed by atoms with Gasteiger partial charge in [0.2, 0.25) is 0 Å². The minimum absolute atomic E-state index is 0.0275. The first kappa shape index (κ1) is 20.5. The number of nitriles is 1. The van der Waals surface area contributed by atoms with Crippen LogP contribution in [-0.4, -0.2) is 18.4 Å². The molecule has 1 atom stereocenters. The number of hydrogen-bond donors (Lipinski definition) is 0. The largest absolute Gasteiger partial charge is 0.466 e. The van der Waals surface area contributed by atoms with Crippen LogP contribution in [0.25, 0.3) is 0 Å². The highest BCUT2D eigenvalue weighted by atomic mass is 35.5. The van der Waals surface area contributed by atoms with Gasteiger partial charge in [-0.1, -0.05) is 29.8 Å². The number of ketones is 1. The molecule has 0 aliphatic carbocycles. The first-order valence-corrected chi connectivity index (χ1v) is 8.60. The zero-order valence-electron chi connectivity index (χ0n) is 14.5. The van der Waals surface area contributed by atoms with E-state index in [9.17, 15) is 18.4 Å². The van der Waals surface area contributed by atoms with Crippen LogP contribution in [0.1, 0.15) is 47.2 Å². The molecule has 2 rings (SSSR count). The lowest BCUT2D eigenvalue weighted by molar-refractivity contribution is -0.143. The van der Waals surface area contributed by atoms with E-state index in [0.717, 1.165) is 12.1 Å². The van der Waals surface area contributed by atoms with E-state index in [-0.39, 0.29) is 30.0 Å². The topological polar surface area (TPSA) is 67.2 Å². The summed E-state index contributed by atoms with van der Waals surface area (Å²) < 4.78 is 33.5. The Kier molecular flexibility index (Phi) is 7.03. The fourth-order valence-electron chi connectivity index (χ4n) is 2.73. The molecule has 0 spiro atoms. The lowest BCUT2D eigenvalue weighted by Crippen LogP contribution is -2.19. The summed E-state index contributed by atoms with van der Waals surface area (Å²) in [5, 5.41) is 9.04. The van der Waals surface area contributed by atoms with E-state index >= 15 is 0 Å². The lowest BCUT2D eigenvalue weighted by Gasteiger charge is -2.18. The van der Waals surface area contributed by atoms with Crippen LogP contribution in [0.15, 0.2) is 36.4 Å². The number of benzene rings is 2. The number of carbonyl (C=O) groups excluding carboxylic acids is 2. The molecule has 2 aromatic rings. The van der Waals surface area contributed by atoms with Crippen molar-refractivity contribution in [2.75, 3.05) is 6.61 Å². The van der Waals surface area contributed by atoms with E-state index in [1.54, 1.807) is 37.3 Å². The zero-order chi connectivity index (χ0) is 20.0. The highest BCUT2D eigenvalue weighted by Gasteiger charge is 2.29. The summed E-state index contributed by atoms with van der Waals surface area (Å²) in [6.07, 6.45) is -0.144. The van der Waals surface area contributed by atoms with Crippen molar-refractivity contribution in [1.82, 2.24) is 0 Å². The van der Waals surface area contributed by atoms with Crippen molar-refractivity contribution < 1.29 is 23.1 Å². The van der Waals surface area contributed by atoms with Gasteiger partial charge in [0.05, 0.1) is 23.8 Å². The molecule has 0 saturated heterocycles. The first-order valence-electron chi connectivity index (χ1n) is 8.22. The summed E-state index contributed by atoms with van der Waals surface area (Å²) >= 11 is 6.16. The summed E-state index contributed by atoms with van der Waals surface area (Å²) in [5.74, 6) is -4.69. The Labute approximate surface area is 160 Å². The van der Waals surface area contributed by atoms with Gasteiger partial charge in [0.1, 0.15) is 11.6 Å². The molecule has 0 aromatic heterocycles. The number of rotatable bonds is 7. The fourth-order valence-corrected chi connectivity index (χ4v) is 3.00. The molecule has 1 unspecified atom stereocenters. The summed E-state index contributed by atoms with van der Waals surface area (Å²) in [7, 11) is 0. The number of hydrogen-bond acceptors (Lipinski definition) is 4. The van der Waals surface area contributed by atoms with Gasteiger partial charge in [0.25, 0.3) is 0 Å². The molecule has 0 radical (unpaired) electrons. The van der Waals surface area contributed by atoms with Crippen molar-refractivity contribution in [3.05, 3.63) is 69.7 Å². The minimum atomic E-state index is -1.13. The van der Waals surface area contributed by atoms with Crippen LogP contribution < -0.4 is 0 Å². The van der Waals surface area contributed by atoms with E-state index in [4.69, 9.17) is 21.6 Å². The number of carbonyl (C=O) groups is 2. The van der Waals surface area contributed by atoms with Crippen LogP contribution in [0.2, 0.25) is 5.02 Å². The van der Waals surface area contributed by atoms with Crippen LogP contribution >= 0.6 is 11.6 Å². The number of nitrogens with zero attached hydrogens (tertiary/aromatic N) is 1. The standard InChI is InChI=1S/C20H16ClF2NO3/c1-2-27-18(25)8-7-14(13-5-3-4-6-15(13)21)20(26)19-16(22)9-12(11-24)10-17(19)23/h3-6,9-10,14H,2,7-8H2,1H3. The lowest BCUT2D eigenvalue weighted by atomic mass is 9.86. The molecule has 0 saturated carbocycles. The second-order valence-corrected chi connectivity index (χ2v) is 6.12. The van der Waals surface area contributed by atoms with Gasteiger partial charge in [-0.3, -0.25) is 9.59 Å². The van der Waals surface area contributed by atoms with Gasteiger partial charge in [-0.15, -0.1) is 0 Å². The maximum Gasteiger partial charge on any atom is 0.305 e. The maximum atomic E-state index is 14.3. The van der Waals surface area contributed by atoms with Crippen molar-refractivity contribution in [3.63, 3.8) is 0 Å². The summed E-state index contributed by atoms with van der Waals surface area (Å²) in [4.78, 5) is 24.6. The molecule has 0 N–H and O–H groups in total. The average Bonchev–Trinajstić information content (AvgIpc) is 2.62. The minimum Gasteiger partial charge on any atom is -0.466 e. The molecule has 27 heavy (non-hydrogen) atoms. The molecule has 7 heteroatoms. The molecule has 0 heterocycles. The normalized spacial score (nSPS) is 11.5. The van der Waals surface area contributed by atoms with Crippen LogP contribution in [0.5, 0.6) is 0 Å². The number of halogens is 3. The predicted octanol–water partition coefficient (Wildman–Crippen LogP) is 4.80. The fraction of sp³-hybridized carbons (Fsp3) is 0.250. The SMILES string of the molecule is CCOC(=O)CCC(C(=O)c1c(F)cc(C#N)cc1F)c1ccccc1Cl. The zero-order valence-corrected chi connectivity index (χ0v) is 15.2. The molecule has 2 aromatic carbocycles. The Bertz CT molecular complexity index is 885. The van der Waals surface area contributed by atoms with Crippen LogP contribution in [0, 0.1) is 23.0 Å². The average molecular weight is 392 g/mol. The Hall–Kier alpha value is -2.78. The quantitative estimate of drug-likeness (QED) is 0.502. The van der Waals surface area contributed by atoms with Crippen molar-refractivity contribution in [2.24, 2.45) is 0 Å². The van der Waals surface area contributed by atoms with Gasteiger partial charge in [-0.05, 0) is 37.1 Å². The first-order chi connectivity index (χ1) is 12.9. The summed E-state index contributed by atoms with van der Waals surface area (Å²) in [6.45, 7) is 1.83. The molecule has 4 nitrogen and oxygen atoms in total. The van der Waals surface area contributed by atoms with E-state index in [2.05, 4.69) is 0 Å². The molecule has 0 aliphatic heterocycles. The highest BCUT2D eigenvalue weighted by molar-refractivity contribution is 6.31. The third-order valence-electron chi connectivity index (χ3n) is 3.96. The number of esters is 1. The van der Waals surface area contributed by atoms with Gasteiger partial charge in [0, 0.05) is 17.4 Å². The maximum absolute atomic E-state index is 14.3. The Morgan fingerprint density at radius 2 is 1.85 bits per heavy atom. The summed E-state index contributed by atoms with van der Waals surface area (Å²) in [6, 6.07) is 9.62. The monoisotopic (exact) mass is 391 g/mol. The second kappa shape index (κ2) is 9.24. The third-order valence-corrected chi connectivity index (χ3v) is 4.30. The number of Topliss-reactive ketones (excluding diaryl/α,β-unsaturated/α-hetero) is 1. The Morgan fingerprint density at radius 1 is 1.22 bits per heavy atom. The van der Waals surface area contributed by atoms with Crippen molar-refractivity contribution in [1.29, 1.82) is 5.26 Å². The van der Waals surface area contributed by atoms with Crippen LogP contribution in [0.3, 0.4) is 0 Å². The van der Waals surface area contributed by atoms with Gasteiger partial charge in [-0.25, -0.2) is 8.78 Å². The van der Waals surface area contributed by atoms with Crippen LogP contribution in [-0.2, 0) is 9.53 Å².